The van der Waals surface area contributed by atoms with E-state index in [4.69, 9.17) is 21.4 Å². The highest BCUT2D eigenvalue weighted by Gasteiger charge is 2.33. The normalized spacial score (nSPS) is 18.3. The van der Waals surface area contributed by atoms with Crippen molar-refractivity contribution < 1.29 is 24.4 Å². The van der Waals surface area contributed by atoms with E-state index in [0.29, 0.717) is 0 Å². The van der Waals surface area contributed by atoms with Crippen molar-refractivity contribution in [1.29, 1.82) is 0 Å². The van der Waals surface area contributed by atoms with Crippen LogP contribution in [0.5, 0.6) is 0 Å². The van der Waals surface area contributed by atoms with Crippen molar-refractivity contribution in [1.82, 2.24) is 4.90 Å². The van der Waals surface area contributed by atoms with Crippen molar-refractivity contribution in [3.63, 3.8) is 0 Å². The van der Waals surface area contributed by atoms with Crippen LogP contribution in [0, 0.1) is 10.1 Å². The van der Waals surface area contributed by atoms with Gasteiger partial charge in [0.05, 0.1) is 18.1 Å². The van der Waals surface area contributed by atoms with Gasteiger partial charge in [-0.3, -0.25) is 14.9 Å². The minimum absolute atomic E-state index is 0.0954. The first kappa shape index (κ1) is 15.2. The zero-order valence-electron chi connectivity index (χ0n) is 10.7. The van der Waals surface area contributed by atoms with Gasteiger partial charge in [-0.05, 0) is 12.1 Å². The van der Waals surface area contributed by atoms with E-state index in [2.05, 4.69) is 0 Å². The fraction of sp³-hybridized carbons (Fsp3) is 0.333. The summed E-state index contributed by atoms with van der Waals surface area (Å²) in [5.41, 5.74) is -0.219. The molecule has 8 nitrogen and oxygen atoms in total. The van der Waals surface area contributed by atoms with Gasteiger partial charge in [0, 0.05) is 18.2 Å². The highest BCUT2D eigenvalue weighted by Crippen LogP contribution is 2.26. The summed E-state index contributed by atoms with van der Waals surface area (Å²) in [4.78, 5) is 34.6. The van der Waals surface area contributed by atoms with Crippen molar-refractivity contribution >= 4 is 29.2 Å². The fourth-order valence-corrected chi connectivity index (χ4v) is 2.25. The van der Waals surface area contributed by atoms with Crippen LogP contribution in [0.25, 0.3) is 0 Å². The standard InChI is InChI=1S/C12H11ClN2O6/c13-8-5-7(1-2-9(8)15(19)20)11(16)14-3-4-21-6-10(14)12(17)18/h1-2,5,10H,3-4,6H2,(H,17,18). The number of morpholine rings is 1. The third-order valence-electron chi connectivity index (χ3n) is 3.07. The Kier molecular flexibility index (Phi) is 4.39. The Hall–Kier alpha value is -2.19. The first-order chi connectivity index (χ1) is 9.91. The molecule has 1 saturated heterocycles. The quantitative estimate of drug-likeness (QED) is 0.662. The van der Waals surface area contributed by atoms with Crippen LogP contribution in [-0.2, 0) is 9.53 Å². The van der Waals surface area contributed by atoms with Gasteiger partial charge in [0.2, 0.25) is 0 Å². The summed E-state index contributed by atoms with van der Waals surface area (Å²) in [6.07, 6.45) is 0. The molecule has 1 aromatic rings. The second-order valence-corrected chi connectivity index (χ2v) is 4.76. The molecule has 0 spiro atoms. The lowest BCUT2D eigenvalue weighted by atomic mass is 10.1. The number of aliphatic carboxylic acids is 1. The number of hydrogen-bond donors (Lipinski definition) is 1. The average Bonchev–Trinajstić information content (AvgIpc) is 2.45. The molecule has 21 heavy (non-hydrogen) atoms. The second-order valence-electron chi connectivity index (χ2n) is 4.35. The second kappa shape index (κ2) is 6.06. The number of amides is 1. The molecule has 0 radical (unpaired) electrons. The SMILES string of the molecule is O=C(O)C1COCCN1C(=O)c1ccc([N+](=O)[O-])c(Cl)c1. The van der Waals surface area contributed by atoms with Crippen molar-refractivity contribution in [2.24, 2.45) is 0 Å². The lowest BCUT2D eigenvalue weighted by Gasteiger charge is -2.32. The maximum absolute atomic E-state index is 12.3. The number of carbonyl (C=O) groups excluding carboxylic acids is 1. The van der Waals surface area contributed by atoms with Gasteiger partial charge in [-0.15, -0.1) is 0 Å². The molecule has 0 saturated carbocycles. The van der Waals surface area contributed by atoms with E-state index in [0.717, 1.165) is 17.0 Å². The Morgan fingerprint density at radius 3 is 2.76 bits per heavy atom. The summed E-state index contributed by atoms with van der Waals surface area (Å²) < 4.78 is 5.04. The monoisotopic (exact) mass is 314 g/mol. The lowest BCUT2D eigenvalue weighted by molar-refractivity contribution is -0.384. The molecule has 1 aromatic carbocycles. The van der Waals surface area contributed by atoms with E-state index < -0.39 is 22.8 Å². The van der Waals surface area contributed by atoms with Gasteiger partial charge in [0.25, 0.3) is 11.6 Å². The Labute approximate surface area is 124 Å². The van der Waals surface area contributed by atoms with Gasteiger partial charge in [0.1, 0.15) is 5.02 Å². The Morgan fingerprint density at radius 2 is 2.19 bits per heavy atom. The number of nitro groups is 1. The maximum Gasteiger partial charge on any atom is 0.328 e. The van der Waals surface area contributed by atoms with Gasteiger partial charge in [-0.25, -0.2) is 4.79 Å². The van der Waals surface area contributed by atoms with E-state index in [1.54, 1.807) is 0 Å². The molecular weight excluding hydrogens is 304 g/mol. The maximum atomic E-state index is 12.3. The number of ether oxygens (including phenoxy) is 1. The topological polar surface area (TPSA) is 110 Å². The number of benzene rings is 1. The molecule has 1 unspecified atom stereocenters. The molecular formula is C12H11ClN2O6. The van der Waals surface area contributed by atoms with E-state index in [1.807, 2.05) is 0 Å². The third-order valence-corrected chi connectivity index (χ3v) is 3.37. The largest absolute Gasteiger partial charge is 0.480 e. The summed E-state index contributed by atoms with van der Waals surface area (Å²) >= 11 is 5.75. The molecule has 0 bridgehead atoms. The van der Waals surface area contributed by atoms with Crippen LogP contribution in [0.2, 0.25) is 5.02 Å². The van der Waals surface area contributed by atoms with E-state index in [1.165, 1.54) is 6.07 Å². The van der Waals surface area contributed by atoms with Crippen molar-refractivity contribution in [3.8, 4) is 0 Å². The van der Waals surface area contributed by atoms with Crippen LogP contribution >= 0.6 is 11.6 Å². The number of carboxylic acids is 1. The predicted octanol–water partition coefficient (Wildman–Crippen LogP) is 1.17. The van der Waals surface area contributed by atoms with Gasteiger partial charge in [0.15, 0.2) is 6.04 Å². The first-order valence-electron chi connectivity index (χ1n) is 5.97. The van der Waals surface area contributed by atoms with Gasteiger partial charge >= 0.3 is 5.97 Å². The molecule has 9 heteroatoms. The highest BCUT2D eigenvalue weighted by molar-refractivity contribution is 6.33. The predicted molar refractivity (Wildman–Crippen MR) is 71.4 cm³/mol. The number of hydrogen-bond acceptors (Lipinski definition) is 5. The molecule has 0 aromatic heterocycles. The first-order valence-corrected chi connectivity index (χ1v) is 6.35. The molecule has 112 valence electrons. The highest BCUT2D eigenvalue weighted by atomic mass is 35.5. The minimum Gasteiger partial charge on any atom is -0.480 e. The number of carboxylic acid groups (broad SMARTS) is 1. The van der Waals surface area contributed by atoms with Crippen LogP contribution in [0.15, 0.2) is 18.2 Å². The van der Waals surface area contributed by atoms with Crippen molar-refractivity contribution in [2.75, 3.05) is 19.8 Å². The molecule has 1 heterocycles. The average molecular weight is 315 g/mol. The van der Waals surface area contributed by atoms with E-state index >= 15 is 0 Å². The molecule has 1 amide bonds. The van der Waals surface area contributed by atoms with Crippen LogP contribution in [0.3, 0.4) is 0 Å². The van der Waals surface area contributed by atoms with Crippen molar-refractivity contribution in [2.45, 2.75) is 6.04 Å². The van der Waals surface area contributed by atoms with Crippen molar-refractivity contribution in [3.05, 3.63) is 38.9 Å². The molecule has 2 rings (SSSR count). The van der Waals surface area contributed by atoms with Crippen LogP contribution < -0.4 is 0 Å². The summed E-state index contributed by atoms with van der Waals surface area (Å²) in [6, 6.07) is 2.45. The zero-order valence-corrected chi connectivity index (χ0v) is 11.4. The number of nitrogens with zero attached hydrogens (tertiary/aromatic N) is 2. The molecule has 1 aliphatic heterocycles. The lowest BCUT2D eigenvalue weighted by Crippen LogP contribution is -2.52. The molecule has 1 atom stereocenters. The zero-order chi connectivity index (χ0) is 15.6. The number of rotatable bonds is 3. The van der Waals surface area contributed by atoms with Crippen LogP contribution in [0.1, 0.15) is 10.4 Å². The van der Waals surface area contributed by atoms with Crippen LogP contribution in [0.4, 0.5) is 5.69 Å². The molecule has 1 aliphatic rings. The Balaban J connectivity index is 2.28. The van der Waals surface area contributed by atoms with Gasteiger partial charge < -0.3 is 14.7 Å². The van der Waals surface area contributed by atoms with Gasteiger partial charge in [-0.2, -0.15) is 0 Å². The third kappa shape index (κ3) is 3.11. The van der Waals surface area contributed by atoms with Crippen LogP contribution in [-0.4, -0.2) is 52.6 Å². The smallest absolute Gasteiger partial charge is 0.328 e. The Bertz CT molecular complexity index is 605. The molecule has 0 aliphatic carbocycles. The number of nitro benzene ring substituents is 1. The summed E-state index contributed by atoms with van der Waals surface area (Å²) in [6.45, 7) is 0.266. The van der Waals surface area contributed by atoms with Gasteiger partial charge in [-0.1, -0.05) is 11.6 Å². The number of carbonyl (C=O) groups is 2. The fourth-order valence-electron chi connectivity index (χ4n) is 2.01. The van der Waals surface area contributed by atoms with E-state index in [-0.39, 0.29) is 36.0 Å². The number of halogens is 1. The summed E-state index contributed by atoms with van der Waals surface area (Å²) in [7, 11) is 0. The molecule has 1 fully saturated rings. The summed E-state index contributed by atoms with van der Waals surface area (Å²) in [5, 5.41) is 19.6. The van der Waals surface area contributed by atoms with E-state index in [9.17, 15) is 19.7 Å². The Morgan fingerprint density at radius 1 is 1.48 bits per heavy atom. The minimum atomic E-state index is -1.17. The molecule has 1 N–H and O–H groups in total. The summed E-state index contributed by atoms with van der Waals surface area (Å²) in [5.74, 6) is -1.72.